The molecule has 1 aliphatic rings. The molecular weight excluding hydrogens is 240 g/mol. The van der Waals surface area contributed by atoms with E-state index in [2.05, 4.69) is 0 Å². The monoisotopic (exact) mass is 260 g/mol. The van der Waals surface area contributed by atoms with E-state index < -0.39 is 11.7 Å². The number of piperidine rings is 1. The highest BCUT2D eigenvalue weighted by atomic mass is 32.1. The average molecular weight is 260 g/mol. The van der Waals surface area contributed by atoms with Gasteiger partial charge in [-0.15, -0.1) is 0 Å². The molecule has 0 aromatic rings. The van der Waals surface area contributed by atoms with Gasteiger partial charge < -0.3 is 20.5 Å². The van der Waals surface area contributed by atoms with Gasteiger partial charge in [-0.1, -0.05) is 12.2 Å². The SMILES string of the molecule is CC(C)(C)OC(=O)N1CCC(O)C(C(N)=S)C1. The maximum absolute atomic E-state index is 11.8. The van der Waals surface area contributed by atoms with E-state index in [1.165, 1.54) is 0 Å². The Morgan fingerprint density at radius 1 is 1.53 bits per heavy atom. The number of aliphatic hydroxyl groups is 1. The fourth-order valence-corrected chi connectivity index (χ4v) is 1.94. The van der Waals surface area contributed by atoms with Crippen LogP contribution in [0.25, 0.3) is 0 Å². The molecule has 2 unspecified atom stereocenters. The van der Waals surface area contributed by atoms with E-state index in [0.29, 0.717) is 19.5 Å². The highest BCUT2D eigenvalue weighted by molar-refractivity contribution is 7.80. The third-order valence-corrected chi connectivity index (χ3v) is 2.90. The Morgan fingerprint density at radius 2 is 2.12 bits per heavy atom. The van der Waals surface area contributed by atoms with E-state index in [1.807, 2.05) is 20.8 Å². The normalized spacial score (nSPS) is 25.5. The first-order chi connectivity index (χ1) is 7.70. The molecule has 1 amide bonds. The summed E-state index contributed by atoms with van der Waals surface area (Å²) in [5.74, 6) is -0.341. The molecule has 0 aliphatic carbocycles. The molecule has 2 atom stereocenters. The van der Waals surface area contributed by atoms with Crippen molar-refractivity contribution < 1.29 is 14.6 Å². The van der Waals surface area contributed by atoms with Crippen molar-refractivity contribution in [3.63, 3.8) is 0 Å². The van der Waals surface area contributed by atoms with Crippen LogP contribution >= 0.6 is 12.2 Å². The van der Waals surface area contributed by atoms with Crippen LogP contribution in [0.1, 0.15) is 27.2 Å². The number of thiocarbonyl (C=S) groups is 1. The predicted molar refractivity (Wildman–Crippen MR) is 68.7 cm³/mol. The number of hydrogen-bond donors (Lipinski definition) is 2. The van der Waals surface area contributed by atoms with E-state index >= 15 is 0 Å². The molecule has 1 aliphatic heterocycles. The third-order valence-electron chi connectivity index (χ3n) is 2.59. The molecule has 0 spiro atoms. The van der Waals surface area contributed by atoms with Gasteiger partial charge in [0.2, 0.25) is 0 Å². The smallest absolute Gasteiger partial charge is 0.410 e. The minimum Gasteiger partial charge on any atom is -0.444 e. The number of nitrogens with zero attached hydrogens (tertiary/aromatic N) is 1. The Morgan fingerprint density at radius 3 is 2.59 bits per heavy atom. The van der Waals surface area contributed by atoms with Crippen molar-refractivity contribution in [3.8, 4) is 0 Å². The summed E-state index contributed by atoms with van der Waals surface area (Å²) in [5, 5.41) is 9.73. The standard InChI is InChI=1S/C11H20N2O3S/c1-11(2,3)16-10(15)13-5-4-8(14)7(6-13)9(12)17/h7-8,14H,4-6H2,1-3H3,(H2,12,17). The van der Waals surface area contributed by atoms with Gasteiger partial charge in [0, 0.05) is 13.1 Å². The molecule has 1 rings (SSSR count). The van der Waals surface area contributed by atoms with Gasteiger partial charge in [0.25, 0.3) is 0 Å². The zero-order chi connectivity index (χ0) is 13.2. The second-order valence-corrected chi connectivity index (χ2v) is 5.76. The van der Waals surface area contributed by atoms with E-state index in [-0.39, 0.29) is 17.0 Å². The Balaban J connectivity index is 2.62. The lowest BCUT2D eigenvalue weighted by atomic mass is 9.95. The lowest BCUT2D eigenvalue weighted by Crippen LogP contribution is -2.51. The lowest BCUT2D eigenvalue weighted by molar-refractivity contribution is 0.00260. The Labute approximate surface area is 107 Å². The van der Waals surface area contributed by atoms with Gasteiger partial charge in [0.1, 0.15) is 5.60 Å². The van der Waals surface area contributed by atoms with Gasteiger partial charge in [0.05, 0.1) is 17.0 Å². The topological polar surface area (TPSA) is 75.8 Å². The third kappa shape index (κ3) is 4.12. The summed E-state index contributed by atoms with van der Waals surface area (Å²) < 4.78 is 5.26. The highest BCUT2D eigenvalue weighted by Gasteiger charge is 2.33. The van der Waals surface area contributed by atoms with Crippen LogP contribution in [-0.4, -0.2) is 45.9 Å². The molecule has 0 aromatic carbocycles. The van der Waals surface area contributed by atoms with Crippen molar-refractivity contribution >= 4 is 23.3 Å². The van der Waals surface area contributed by atoms with Gasteiger partial charge in [-0.2, -0.15) is 0 Å². The summed E-state index contributed by atoms with van der Waals surface area (Å²) in [6.45, 7) is 6.23. The number of rotatable bonds is 1. The molecule has 1 fully saturated rings. The quantitative estimate of drug-likeness (QED) is 0.685. The van der Waals surface area contributed by atoms with Gasteiger partial charge in [-0.05, 0) is 27.2 Å². The number of nitrogens with two attached hydrogens (primary N) is 1. The molecule has 0 radical (unpaired) electrons. The Kier molecular flexibility index (Phi) is 4.32. The fourth-order valence-electron chi connectivity index (χ4n) is 1.71. The van der Waals surface area contributed by atoms with Gasteiger partial charge in [-0.3, -0.25) is 0 Å². The summed E-state index contributed by atoms with van der Waals surface area (Å²) in [7, 11) is 0. The number of aliphatic hydroxyl groups excluding tert-OH is 1. The Bertz CT molecular complexity index is 314. The fraction of sp³-hybridized carbons (Fsp3) is 0.818. The van der Waals surface area contributed by atoms with Gasteiger partial charge in [0.15, 0.2) is 0 Å². The molecule has 5 nitrogen and oxygen atoms in total. The number of carbonyl (C=O) groups is 1. The second kappa shape index (κ2) is 5.18. The van der Waals surface area contributed by atoms with Crippen molar-refractivity contribution in [2.75, 3.05) is 13.1 Å². The number of ether oxygens (including phenoxy) is 1. The summed E-state index contributed by atoms with van der Waals surface area (Å²) in [6, 6.07) is 0. The first-order valence-corrected chi connectivity index (χ1v) is 6.07. The van der Waals surface area contributed by atoms with Gasteiger partial charge >= 0.3 is 6.09 Å². The maximum Gasteiger partial charge on any atom is 0.410 e. The van der Waals surface area contributed by atoms with Crippen molar-refractivity contribution in [1.82, 2.24) is 4.90 Å². The summed E-state index contributed by atoms with van der Waals surface area (Å²) in [5.41, 5.74) is 5.02. The first kappa shape index (κ1) is 14.2. The van der Waals surface area contributed by atoms with Crippen molar-refractivity contribution in [2.24, 2.45) is 11.7 Å². The van der Waals surface area contributed by atoms with E-state index in [1.54, 1.807) is 4.90 Å². The van der Waals surface area contributed by atoms with Crippen molar-refractivity contribution in [1.29, 1.82) is 0 Å². The Hall–Kier alpha value is -0.880. The van der Waals surface area contributed by atoms with E-state index in [0.717, 1.165) is 0 Å². The number of carbonyl (C=O) groups excluding carboxylic acids is 1. The van der Waals surface area contributed by atoms with Crippen LogP contribution in [-0.2, 0) is 4.74 Å². The van der Waals surface area contributed by atoms with Crippen LogP contribution < -0.4 is 5.73 Å². The highest BCUT2D eigenvalue weighted by Crippen LogP contribution is 2.20. The van der Waals surface area contributed by atoms with Crippen LogP contribution in [0.5, 0.6) is 0 Å². The van der Waals surface area contributed by atoms with Crippen molar-refractivity contribution in [2.45, 2.75) is 38.9 Å². The van der Waals surface area contributed by atoms with Crippen LogP contribution in [0.15, 0.2) is 0 Å². The second-order valence-electron chi connectivity index (χ2n) is 5.29. The zero-order valence-electron chi connectivity index (χ0n) is 10.5. The summed E-state index contributed by atoms with van der Waals surface area (Å²) in [4.78, 5) is 13.6. The molecule has 3 N–H and O–H groups in total. The van der Waals surface area contributed by atoms with E-state index in [4.69, 9.17) is 22.7 Å². The predicted octanol–water partition coefficient (Wildman–Crippen LogP) is 0.890. The molecule has 1 heterocycles. The molecule has 98 valence electrons. The minimum absolute atomic E-state index is 0.241. The summed E-state index contributed by atoms with van der Waals surface area (Å²) in [6.07, 6.45) is -0.474. The molecular formula is C11H20N2O3S. The molecule has 17 heavy (non-hydrogen) atoms. The minimum atomic E-state index is -0.564. The van der Waals surface area contributed by atoms with Crippen molar-refractivity contribution in [3.05, 3.63) is 0 Å². The maximum atomic E-state index is 11.8. The van der Waals surface area contributed by atoms with E-state index in [9.17, 15) is 9.90 Å². The molecule has 0 aromatic heterocycles. The molecule has 0 saturated carbocycles. The van der Waals surface area contributed by atoms with Crippen LogP contribution in [0, 0.1) is 5.92 Å². The molecule has 6 heteroatoms. The number of hydrogen-bond acceptors (Lipinski definition) is 4. The molecule has 0 bridgehead atoms. The average Bonchev–Trinajstić information content (AvgIpc) is 2.14. The molecule has 1 saturated heterocycles. The van der Waals surface area contributed by atoms with Gasteiger partial charge in [-0.25, -0.2) is 4.79 Å². The lowest BCUT2D eigenvalue weighted by Gasteiger charge is -2.36. The van der Waals surface area contributed by atoms with Crippen LogP contribution in [0.3, 0.4) is 0 Å². The van der Waals surface area contributed by atoms with Crippen LogP contribution in [0.2, 0.25) is 0 Å². The largest absolute Gasteiger partial charge is 0.444 e. The summed E-state index contributed by atoms with van der Waals surface area (Å²) >= 11 is 4.88. The van der Waals surface area contributed by atoms with Crippen LogP contribution in [0.4, 0.5) is 4.79 Å². The number of likely N-dealkylation sites (tertiary alicyclic amines) is 1. The number of amides is 1. The zero-order valence-corrected chi connectivity index (χ0v) is 11.3. The first-order valence-electron chi connectivity index (χ1n) is 5.66.